The Morgan fingerprint density at radius 1 is 1.07 bits per heavy atom. The summed E-state index contributed by atoms with van der Waals surface area (Å²) in [6.07, 6.45) is 0.406. The van der Waals surface area contributed by atoms with Crippen LogP contribution in [0.2, 0.25) is 0 Å². The van der Waals surface area contributed by atoms with Gasteiger partial charge in [0.25, 0.3) is 5.91 Å². The number of benzene rings is 2. The van der Waals surface area contributed by atoms with Crippen molar-refractivity contribution in [3.8, 4) is 23.3 Å². The van der Waals surface area contributed by atoms with E-state index in [-0.39, 0.29) is 25.0 Å². The van der Waals surface area contributed by atoms with Crippen molar-refractivity contribution in [2.24, 2.45) is 5.92 Å². The monoisotopic (exact) mass is 550 g/mol. The van der Waals surface area contributed by atoms with E-state index >= 15 is 0 Å². The molecule has 1 aliphatic rings. The van der Waals surface area contributed by atoms with E-state index in [0.717, 1.165) is 16.8 Å². The molecule has 0 bridgehead atoms. The molecule has 0 saturated carbocycles. The maximum Gasteiger partial charge on any atom is 0.257 e. The van der Waals surface area contributed by atoms with Crippen LogP contribution in [-0.4, -0.2) is 62.0 Å². The van der Waals surface area contributed by atoms with Crippen molar-refractivity contribution < 1.29 is 28.9 Å². The molecule has 0 spiro atoms. The van der Waals surface area contributed by atoms with Gasteiger partial charge >= 0.3 is 0 Å². The average Bonchev–Trinajstić information content (AvgIpc) is 2.95. The number of rotatable bonds is 15. The standard InChI is InChI=1S/C30H38N4O6/c1-20(2)33-17-24(35)18-39-27-11-9-25(10-12-27)38-14-4-13-32-29(36)19-40-26-7-5-22(6-8-26)28-15-23(16-31)30(37)34-21(28)3/h5-12,20,23-24,33,35H,4,13-15,17-19H2,1-3H3,(H,32,36)(H,34,37)/t23?,24-/m0/s1. The molecule has 10 heteroatoms. The zero-order valence-corrected chi connectivity index (χ0v) is 23.2. The Morgan fingerprint density at radius 2 is 1.70 bits per heavy atom. The van der Waals surface area contributed by atoms with Crippen LogP contribution in [0.4, 0.5) is 0 Å². The van der Waals surface area contributed by atoms with E-state index in [1.807, 2.05) is 39.0 Å². The van der Waals surface area contributed by atoms with E-state index in [0.29, 0.717) is 55.8 Å². The number of ether oxygens (including phenoxy) is 3. The summed E-state index contributed by atoms with van der Waals surface area (Å²) in [6.45, 7) is 7.30. The fourth-order valence-corrected chi connectivity index (χ4v) is 3.93. The molecule has 214 valence electrons. The number of aliphatic hydroxyl groups excluding tert-OH is 1. The third kappa shape index (κ3) is 9.91. The molecule has 1 unspecified atom stereocenters. The minimum atomic E-state index is -0.702. The number of nitriles is 1. The van der Waals surface area contributed by atoms with E-state index in [4.69, 9.17) is 14.2 Å². The molecule has 0 fully saturated rings. The zero-order chi connectivity index (χ0) is 28.9. The number of hydrogen-bond acceptors (Lipinski definition) is 8. The van der Waals surface area contributed by atoms with Gasteiger partial charge in [-0.15, -0.1) is 0 Å². The first-order valence-corrected chi connectivity index (χ1v) is 13.4. The first kappa shape index (κ1) is 30.5. The second-order valence-electron chi connectivity index (χ2n) is 9.84. The van der Waals surface area contributed by atoms with Crippen molar-refractivity contribution in [1.82, 2.24) is 16.0 Å². The molecule has 10 nitrogen and oxygen atoms in total. The second kappa shape index (κ2) is 15.5. The first-order chi connectivity index (χ1) is 19.2. The Labute approximate surface area is 235 Å². The summed E-state index contributed by atoms with van der Waals surface area (Å²) in [4.78, 5) is 24.0. The van der Waals surface area contributed by atoms with Gasteiger partial charge in [0.05, 0.1) is 12.7 Å². The van der Waals surface area contributed by atoms with Crippen LogP contribution >= 0.6 is 0 Å². The van der Waals surface area contributed by atoms with Crippen molar-refractivity contribution in [2.45, 2.75) is 45.8 Å². The minimum Gasteiger partial charge on any atom is -0.494 e. The average molecular weight is 551 g/mol. The molecule has 4 N–H and O–H groups in total. The van der Waals surface area contributed by atoms with Gasteiger partial charge in [0.2, 0.25) is 5.91 Å². The number of amides is 2. The van der Waals surface area contributed by atoms with Crippen molar-refractivity contribution in [1.29, 1.82) is 5.26 Å². The fraction of sp³-hybridized carbons (Fsp3) is 0.433. The van der Waals surface area contributed by atoms with Crippen LogP contribution in [0.5, 0.6) is 17.2 Å². The molecular formula is C30H38N4O6. The van der Waals surface area contributed by atoms with Gasteiger partial charge in [0.15, 0.2) is 6.61 Å². The van der Waals surface area contributed by atoms with Gasteiger partial charge in [-0.1, -0.05) is 26.0 Å². The molecule has 0 radical (unpaired) electrons. The SMILES string of the molecule is CC1=C(c2ccc(OCC(=O)NCCCOc3ccc(OC[C@@H](O)CNC(C)C)cc3)cc2)CC(C#N)C(=O)N1. The highest BCUT2D eigenvalue weighted by Gasteiger charge is 2.26. The molecule has 1 aliphatic heterocycles. The third-order valence-corrected chi connectivity index (χ3v) is 6.16. The number of allylic oxidation sites excluding steroid dienone is 2. The lowest BCUT2D eigenvalue weighted by Crippen LogP contribution is -2.35. The third-order valence-electron chi connectivity index (χ3n) is 6.16. The number of carbonyl (C=O) groups is 2. The number of carbonyl (C=O) groups excluding carboxylic acids is 2. The summed E-state index contributed by atoms with van der Waals surface area (Å²) in [5, 5.41) is 27.8. The highest BCUT2D eigenvalue weighted by Crippen LogP contribution is 2.30. The van der Waals surface area contributed by atoms with Crippen molar-refractivity contribution in [3.05, 3.63) is 59.8 Å². The van der Waals surface area contributed by atoms with Crippen LogP contribution in [-0.2, 0) is 9.59 Å². The van der Waals surface area contributed by atoms with Crippen molar-refractivity contribution in [3.63, 3.8) is 0 Å². The molecule has 2 atom stereocenters. The number of nitrogens with zero attached hydrogens (tertiary/aromatic N) is 1. The molecule has 0 aliphatic carbocycles. The van der Waals surface area contributed by atoms with Crippen LogP contribution in [0.15, 0.2) is 54.2 Å². The van der Waals surface area contributed by atoms with Gasteiger partial charge in [0.1, 0.15) is 35.9 Å². The Kier molecular flexibility index (Phi) is 11.8. The van der Waals surface area contributed by atoms with Crippen LogP contribution in [0.3, 0.4) is 0 Å². The van der Waals surface area contributed by atoms with Crippen molar-refractivity contribution in [2.75, 3.05) is 32.9 Å². The molecule has 2 amide bonds. The number of nitrogens with one attached hydrogen (secondary N) is 3. The van der Waals surface area contributed by atoms with E-state index in [9.17, 15) is 20.0 Å². The van der Waals surface area contributed by atoms with E-state index in [1.54, 1.807) is 36.4 Å². The van der Waals surface area contributed by atoms with Gasteiger partial charge in [-0.3, -0.25) is 9.59 Å². The molecule has 2 aromatic rings. The predicted octanol–water partition coefficient (Wildman–Crippen LogP) is 2.78. The quantitative estimate of drug-likeness (QED) is 0.248. The van der Waals surface area contributed by atoms with Gasteiger partial charge in [-0.2, -0.15) is 5.26 Å². The summed E-state index contributed by atoms with van der Waals surface area (Å²) >= 11 is 0. The smallest absolute Gasteiger partial charge is 0.257 e. The molecule has 0 saturated heterocycles. The molecule has 1 heterocycles. The largest absolute Gasteiger partial charge is 0.494 e. The van der Waals surface area contributed by atoms with E-state index < -0.39 is 12.0 Å². The topological polar surface area (TPSA) is 142 Å². The van der Waals surface area contributed by atoms with Gasteiger partial charge in [0, 0.05) is 24.8 Å². The molecular weight excluding hydrogens is 512 g/mol. The highest BCUT2D eigenvalue weighted by molar-refractivity contribution is 5.90. The first-order valence-electron chi connectivity index (χ1n) is 13.4. The van der Waals surface area contributed by atoms with Gasteiger partial charge in [-0.05, 0) is 67.3 Å². The Morgan fingerprint density at radius 3 is 2.35 bits per heavy atom. The summed E-state index contributed by atoms with van der Waals surface area (Å²) in [5.41, 5.74) is 2.54. The zero-order valence-electron chi connectivity index (χ0n) is 23.2. The summed E-state index contributed by atoms with van der Waals surface area (Å²) in [6, 6.07) is 16.7. The molecule has 40 heavy (non-hydrogen) atoms. The Bertz CT molecular complexity index is 1190. The minimum absolute atomic E-state index is 0.113. The van der Waals surface area contributed by atoms with Crippen LogP contribution < -0.4 is 30.2 Å². The highest BCUT2D eigenvalue weighted by atomic mass is 16.5. The van der Waals surface area contributed by atoms with Gasteiger partial charge < -0.3 is 35.3 Å². The molecule has 2 aromatic carbocycles. The number of aliphatic hydroxyl groups is 1. The van der Waals surface area contributed by atoms with E-state index in [1.165, 1.54) is 0 Å². The molecule has 0 aromatic heterocycles. The van der Waals surface area contributed by atoms with Crippen LogP contribution in [0.25, 0.3) is 5.57 Å². The second-order valence-corrected chi connectivity index (χ2v) is 9.84. The summed E-state index contributed by atoms with van der Waals surface area (Å²) < 4.78 is 16.9. The van der Waals surface area contributed by atoms with Crippen LogP contribution in [0.1, 0.15) is 39.2 Å². The molecule has 3 rings (SSSR count). The normalized spacial score (nSPS) is 15.7. The number of hydrogen-bond donors (Lipinski definition) is 4. The fourth-order valence-electron chi connectivity index (χ4n) is 3.93. The predicted molar refractivity (Wildman–Crippen MR) is 151 cm³/mol. The Hall–Kier alpha value is -4.07. The maximum atomic E-state index is 12.1. The summed E-state index contributed by atoms with van der Waals surface area (Å²) in [5.74, 6) is 0.682. The van der Waals surface area contributed by atoms with Crippen LogP contribution in [0, 0.1) is 17.2 Å². The Balaban J connectivity index is 1.30. The lowest BCUT2D eigenvalue weighted by Gasteiger charge is -2.22. The maximum absolute atomic E-state index is 12.1. The lowest BCUT2D eigenvalue weighted by molar-refractivity contribution is -0.123. The summed E-state index contributed by atoms with van der Waals surface area (Å²) in [7, 11) is 0. The van der Waals surface area contributed by atoms with Crippen molar-refractivity contribution >= 4 is 17.4 Å². The lowest BCUT2D eigenvalue weighted by atomic mass is 9.90. The van der Waals surface area contributed by atoms with Gasteiger partial charge in [-0.25, -0.2) is 0 Å². The van der Waals surface area contributed by atoms with E-state index in [2.05, 4.69) is 16.0 Å².